The second kappa shape index (κ2) is 5.64. The molecule has 0 aromatic carbocycles. The average molecular weight is 226 g/mol. The molecule has 4 nitrogen and oxygen atoms in total. The smallest absolute Gasteiger partial charge is 0.224 e. The minimum atomic E-state index is 0.237. The maximum absolute atomic E-state index is 12.0. The first-order valence-corrected chi connectivity index (χ1v) is 6.38. The third kappa shape index (κ3) is 3.19. The molecule has 16 heavy (non-hydrogen) atoms. The molecule has 4 heteroatoms. The summed E-state index contributed by atoms with van der Waals surface area (Å²) in [5, 5.41) is 0. The van der Waals surface area contributed by atoms with Crippen molar-refractivity contribution in [2.75, 3.05) is 26.3 Å². The van der Waals surface area contributed by atoms with Gasteiger partial charge in [-0.3, -0.25) is 4.79 Å². The molecule has 0 aromatic heterocycles. The van der Waals surface area contributed by atoms with E-state index in [2.05, 4.69) is 4.90 Å². The van der Waals surface area contributed by atoms with Crippen LogP contribution in [0.5, 0.6) is 0 Å². The Morgan fingerprint density at radius 2 is 1.94 bits per heavy atom. The van der Waals surface area contributed by atoms with E-state index in [9.17, 15) is 4.79 Å². The zero-order chi connectivity index (χ0) is 11.4. The van der Waals surface area contributed by atoms with Gasteiger partial charge in [-0.05, 0) is 31.6 Å². The monoisotopic (exact) mass is 226 g/mol. The number of ether oxygens (including phenoxy) is 1. The molecule has 0 bridgehead atoms. The molecule has 2 fully saturated rings. The highest BCUT2D eigenvalue weighted by molar-refractivity contribution is 5.76. The summed E-state index contributed by atoms with van der Waals surface area (Å²) in [6.45, 7) is 3.00. The molecule has 1 heterocycles. The Bertz CT molecular complexity index is 235. The largest absolute Gasteiger partial charge is 0.381 e. The van der Waals surface area contributed by atoms with Crippen molar-refractivity contribution in [2.24, 2.45) is 11.7 Å². The Morgan fingerprint density at radius 3 is 2.50 bits per heavy atom. The summed E-state index contributed by atoms with van der Waals surface area (Å²) in [5.74, 6) is 0.992. The Balaban J connectivity index is 1.91. The highest BCUT2D eigenvalue weighted by Crippen LogP contribution is 2.31. The van der Waals surface area contributed by atoms with Gasteiger partial charge in [0.15, 0.2) is 0 Å². The van der Waals surface area contributed by atoms with Crippen molar-refractivity contribution in [1.29, 1.82) is 0 Å². The maximum Gasteiger partial charge on any atom is 0.224 e. The molecule has 2 rings (SSSR count). The van der Waals surface area contributed by atoms with Crippen molar-refractivity contribution >= 4 is 5.91 Å². The third-order valence-corrected chi connectivity index (χ3v) is 3.46. The molecule has 0 unspecified atom stereocenters. The van der Waals surface area contributed by atoms with E-state index in [0.717, 1.165) is 38.5 Å². The standard InChI is InChI=1S/C12H22N2O2/c13-6-3-12(15)14(9-10-1-2-10)11-4-7-16-8-5-11/h10-11H,1-9,13H2. The normalized spacial score (nSPS) is 22.1. The van der Waals surface area contributed by atoms with Gasteiger partial charge < -0.3 is 15.4 Å². The molecule has 2 aliphatic rings. The summed E-state index contributed by atoms with van der Waals surface area (Å²) in [4.78, 5) is 14.1. The predicted octanol–water partition coefficient (Wildman–Crippen LogP) is 0.753. The minimum Gasteiger partial charge on any atom is -0.381 e. The van der Waals surface area contributed by atoms with Gasteiger partial charge in [0.05, 0.1) is 0 Å². The molecule has 1 aliphatic heterocycles. The van der Waals surface area contributed by atoms with Crippen LogP contribution in [0.4, 0.5) is 0 Å². The highest BCUT2D eigenvalue weighted by Gasteiger charge is 2.31. The first-order chi connectivity index (χ1) is 7.81. The summed E-state index contributed by atoms with van der Waals surface area (Å²) in [5.41, 5.74) is 5.47. The van der Waals surface area contributed by atoms with Crippen molar-refractivity contribution in [3.63, 3.8) is 0 Å². The molecule has 1 saturated carbocycles. The van der Waals surface area contributed by atoms with Gasteiger partial charge in [-0.2, -0.15) is 0 Å². The quantitative estimate of drug-likeness (QED) is 0.752. The number of carbonyl (C=O) groups excluding carboxylic acids is 1. The molecule has 1 amide bonds. The number of nitrogens with zero attached hydrogens (tertiary/aromatic N) is 1. The van der Waals surface area contributed by atoms with E-state index in [1.807, 2.05) is 0 Å². The van der Waals surface area contributed by atoms with Crippen molar-refractivity contribution in [3.05, 3.63) is 0 Å². The first-order valence-electron chi connectivity index (χ1n) is 6.38. The molecule has 1 aliphatic carbocycles. The Hall–Kier alpha value is -0.610. The number of amides is 1. The van der Waals surface area contributed by atoms with Gasteiger partial charge in [-0.1, -0.05) is 0 Å². The fourth-order valence-corrected chi connectivity index (χ4v) is 2.30. The van der Waals surface area contributed by atoms with E-state index in [1.54, 1.807) is 0 Å². The van der Waals surface area contributed by atoms with Gasteiger partial charge in [-0.15, -0.1) is 0 Å². The van der Waals surface area contributed by atoms with Gasteiger partial charge in [0, 0.05) is 38.8 Å². The van der Waals surface area contributed by atoms with Crippen LogP contribution in [0, 0.1) is 5.92 Å². The third-order valence-electron chi connectivity index (χ3n) is 3.46. The van der Waals surface area contributed by atoms with E-state index >= 15 is 0 Å². The SMILES string of the molecule is NCCC(=O)N(CC1CC1)C1CCOCC1. The summed E-state index contributed by atoms with van der Waals surface area (Å²) in [6, 6.07) is 0.397. The zero-order valence-electron chi connectivity index (χ0n) is 9.86. The van der Waals surface area contributed by atoms with Crippen LogP contribution in [0.2, 0.25) is 0 Å². The molecule has 2 N–H and O–H groups in total. The predicted molar refractivity (Wildman–Crippen MR) is 61.9 cm³/mol. The number of hydrogen-bond acceptors (Lipinski definition) is 3. The molecule has 0 aromatic rings. The van der Waals surface area contributed by atoms with Gasteiger partial charge in [0.1, 0.15) is 0 Å². The summed E-state index contributed by atoms with van der Waals surface area (Å²) < 4.78 is 5.35. The summed E-state index contributed by atoms with van der Waals surface area (Å²) in [6.07, 6.45) is 5.04. The van der Waals surface area contributed by atoms with Crippen LogP contribution in [0.15, 0.2) is 0 Å². The van der Waals surface area contributed by atoms with Gasteiger partial charge >= 0.3 is 0 Å². The number of rotatable bonds is 5. The van der Waals surface area contributed by atoms with Crippen LogP contribution >= 0.6 is 0 Å². The topological polar surface area (TPSA) is 55.6 Å². The average Bonchev–Trinajstić information content (AvgIpc) is 3.11. The Labute approximate surface area is 97.1 Å². The lowest BCUT2D eigenvalue weighted by Gasteiger charge is -2.34. The molecule has 0 spiro atoms. The first kappa shape index (κ1) is 11.9. The van der Waals surface area contributed by atoms with Gasteiger partial charge in [-0.25, -0.2) is 0 Å². The van der Waals surface area contributed by atoms with E-state index in [0.29, 0.717) is 19.0 Å². The Kier molecular flexibility index (Phi) is 4.18. The minimum absolute atomic E-state index is 0.237. The second-order valence-corrected chi connectivity index (χ2v) is 4.87. The summed E-state index contributed by atoms with van der Waals surface area (Å²) in [7, 11) is 0. The van der Waals surface area contributed by atoms with E-state index in [1.165, 1.54) is 12.8 Å². The number of hydrogen-bond donors (Lipinski definition) is 1. The van der Waals surface area contributed by atoms with Gasteiger partial charge in [0.2, 0.25) is 5.91 Å². The van der Waals surface area contributed by atoms with E-state index in [-0.39, 0.29) is 5.91 Å². The van der Waals surface area contributed by atoms with Crippen molar-refractivity contribution in [2.45, 2.75) is 38.1 Å². The van der Waals surface area contributed by atoms with Crippen LogP contribution < -0.4 is 5.73 Å². The molecule has 92 valence electrons. The lowest BCUT2D eigenvalue weighted by atomic mass is 10.1. The number of nitrogens with two attached hydrogens (primary N) is 1. The van der Waals surface area contributed by atoms with Crippen molar-refractivity contribution in [1.82, 2.24) is 4.90 Å². The second-order valence-electron chi connectivity index (χ2n) is 4.87. The lowest BCUT2D eigenvalue weighted by molar-refractivity contribution is -0.135. The molecule has 0 radical (unpaired) electrons. The zero-order valence-corrected chi connectivity index (χ0v) is 9.86. The number of carbonyl (C=O) groups is 1. The maximum atomic E-state index is 12.0. The molecular formula is C12H22N2O2. The summed E-state index contributed by atoms with van der Waals surface area (Å²) >= 11 is 0. The van der Waals surface area contributed by atoms with Crippen molar-refractivity contribution in [3.8, 4) is 0 Å². The van der Waals surface area contributed by atoms with Crippen LogP contribution in [-0.4, -0.2) is 43.2 Å². The van der Waals surface area contributed by atoms with E-state index < -0.39 is 0 Å². The van der Waals surface area contributed by atoms with E-state index in [4.69, 9.17) is 10.5 Å². The Morgan fingerprint density at radius 1 is 1.25 bits per heavy atom. The van der Waals surface area contributed by atoms with Crippen LogP contribution in [-0.2, 0) is 9.53 Å². The highest BCUT2D eigenvalue weighted by atomic mass is 16.5. The van der Waals surface area contributed by atoms with Gasteiger partial charge in [0.25, 0.3) is 0 Å². The molecule has 1 saturated heterocycles. The van der Waals surface area contributed by atoms with Crippen LogP contribution in [0.3, 0.4) is 0 Å². The fourth-order valence-electron chi connectivity index (χ4n) is 2.30. The molecular weight excluding hydrogens is 204 g/mol. The fraction of sp³-hybridized carbons (Fsp3) is 0.917. The lowest BCUT2D eigenvalue weighted by Crippen LogP contribution is -2.45. The van der Waals surface area contributed by atoms with Crippen molar-refractivity contribution < 1.29 is 9.53 Å². The van der Waals surface area contributed by atoms with Crippen LogP contribution in [0.1, 0.15) is 32.1 Å². The van der Waals surface area contributed by atoms with Crippen LogP contribution in [0.25, 0.3) is 0 Å². The molecule has 0 atom stereocenters.